The molecule has 0 aliphatic carbocycles. The molecule has 0 unspecified atom stereocenters. The molecule has 0 bridgehead atoms. The first-order chi connectivity index (χ1) is 14.8. The van der Waals surface area contributed by atoms with Crippen LogP contribution < -0.4 is 0 Å². The van der Waals surface area contributed by atoms with Crippen LogP contribution in [0, 0.1) is 6.92 Å². The Kier molecular flexibility index (Phi) is 5.37. The zero-order valence-corrected chi connectivity index (χ0v) is 17.7. The van der Waals surface area contributed by atoms with E-state index in [-0.39, 0.29) is 0 Å². The minimum Gasteiger partial charge on any atom is -0.303 e. The maximum Gasteiger partial charge on any atom is 0.116 e. The SMILES string of the molecule is Cc1ccn2c(C3CCN(CCc4ccccc4)CC3)ncc2c1-c1ccccc1. The Morgan fingerprint density at radius 3 is 2.33 bits per heavy atom. The quantitative estimate of drug-likeness (QED) is 0.430. The van der Waals surface area contributed by atoms with E-state index < -0.39 is 0 Å². The highest BCUT2D eigenvalue weighted by atomic mass is 15.1. The van der Waals surface area contributed by atoms with Gasteiger partial charge in [-0.2, -0.15) is 0 Å². The summed E-state index contributed by atoms with van der Waals surface area (Å²) in [6, 6.07) is 23.7. The minimum atomic E-state index is 0.534. The molecule has 0 saturated carbocycles. The predicted molar refractivity (Wildman–Crippen MR) is 124 cm³/mol. The fourth-order valence-corrected chi connectivity index (χ4v) is 4.82. The van der Waals surface area contributed by atoms with Gasteiger partial charge in [-0.05, 0) is 62.0 Å². The van der Waals surface area contributed by atoms with Crippen molar-refractivity contribution in [1.82, 2.24) is 14.3 Å². The molecule has 5 rings (SSSR count). The van der Waals surface area contributed by atoms with Crippen molar-refractivity contribution < 1.29 is 0 Å². The first-order valence-corrected chi connectivity index (χ1v) is 11.1. The van der Waals surface area contributed by atoms with Crippen LogP contribution in [0.5, 0.6) is 0 Å². The fraction of sp³-hybridized carbons (Fsp3) is 0.296. The van der Waals surface area contributed by atoms with Gasteiger partial charge in [0.15, 0.2) is 0 Å². The molecule has 0 N–H and O–H groups in total. The third-order valence-corrected chi connectivity index (χ3v) is 6.52. The number of piperidine rings is 1. The third kappa shape index (κ3) is 3.78. The van der Waals surface area contributed by atoms with Crippen molar-refractivity contribution in [1.29, 1.82) is 0 Å². The van der Waals surface area contributed by atoms with Crippen molar-refractivity contribution in [3.05, 3.63) is 96.1 Å². The highest BCUT2D eigenvalue weighted by molar-refractivity contribution is 5.82. The summed E-state index contributed by atoms with van der Waals surface area (Å²) in [5.74, 6) is 1.76. The second-order valence-corrected chi connectivity index (χ2v) is 8.46. The number of nitrogens with zero attached hydrogens (tertiary/aromatic N) is 3. The van der Waals surface area contributed by atoms with Crippen LogP contribution in [0.1, 0.15) is 35.7 Å². The lowest BCUT2D eigenvalue weighted by Gasteiger charge is -2.31. The fourth-order valence-electron chi connectivity index (χ4n) is 4.82. The van der Waals surface area contributed by atoms with Crippen LogP contribution in [0.4, 0.5) is 0 Å². The summed E-state index contributed by atoms with van der Waals surface area (Å²) >= 11 is 0. The number of likely N-dealkylation sites (tertiary alicyclic amines) is 1. The largest absolute Gasteiger partial charge is 0.303 e. The molecule has 152 valence electrons. The molecule has 1 aliphatic rings. The highest BCUT2D eigenvalue weighted by Gasteiger charge is 2.24. The van der Waals surface area contributed by atoms with Crippen LogP contribution in [-0.4, -0.2) is 33.9 Å². The number of rotatable bonds is 5. The van der Waals surface area contributed by atoms with Crippen LogP contribution in [0.2, 0.25) is 0 Å². The topological polar surface area (TPSA) is 20.5 Å². The van der Waals surface area contributed by atoms with Gasteiger partial charge in [0.2, 0.25) is 0 Å². The van der Waals surface area contributed by atoms with E-state index in [1.807, 2.05) is 0 Å². The van der Waals surface area contributed by atoms with Crippen molar-refractivity contribution in [3.8, 4) is 11.1 Å². The molecule has 0 atom stereocenters. The standard InChI is InChI=1S/C27H29N3/c1-21-12-19-30-25(26(21)23-10-6-3-7-11-23)20-28-27(30)24-14-17-29(18-15-24)16-13-22-8-4-2-5-9-22/h2-12,19-20,24H,13-18H2,1H3. The van der Waals surface area contributed by atoms with Gasteiger partial charge in [0.1, 0.15) is 5.82 Å². The van der Waals surface area contributed by atoms with Gasteiger partial charge in [-0.3, -0.25) is 0 Å². The first kappa shape index (κ1) is 19.1. The molecule has 0 spiro atoms. The molecular weight excluding hydrogens is 366 g/mol. The molecule has 2 aromatic heterocycles. The first-order valence-electron chi connectivity index (χ1n) is 11.1. The van der Waals surface area contributed by atoms with Gasteiger partial charge in [0.05, 0.1) is 11.7 Å². The van der Waals surface area contributed by atoms with Crippen molar-refractivity contribution in [3.63, 3.8) is 0 Å². The number of hydrogen-bond acceptors (Lipinski definition) is 2. The average molecular weight is 396 g/mol. The van der Waals surface area contributed by atoms with Crippen LogP contribution in [-0.2, 0) is 6.42 Å². The predicted octanol–water partition coefficient (Wildman–Crippen LogP) is 5.73. The summed E-state index contributed by atoms with van der Waals surface area (Å²) in [5, 5.41) is 0. The number of hydrogen-bond donors (Lipinski definition) is 0. The number of fused-ring (bicyclic) bond motifs is 1. The molecule has 30 heavy (non-hydrogen) atoms. The van der Waals surface area contributed by atoms with Gasteiger partial charge in [-0.15, -0.1) is 0 Å². The summed E-state index contributed by atoms with van der Waals surface area (Å²) < 4.78 is 2.33. The minimum absolute atomic E-state index is 0.534. The van der Waals surface area contributed by atoms with Crippen LogP contribution >= 0.6 is 0 Å². The van der Waals surface area contributed by atoms with Gasteiger partial charge in [-0.25, -0.2) is 4.98 Å². The van der Waals surface area contributed by atoms with E-state index in [9.17, 15) is 0 Å². The molecule has 0 radical (unpaired) electrons. The maximum atomic E-state index is 4.91. The molecular formula is C27H29N3. The smallest absolute Gasteiger partial charge is 0.116 e. The molecule has 1 fully saturated rings. The molecule has 1 saturated heterocycles. The Morgan fingerprint density at radius 1 is 0.900 bits per heavy atom. The van der Waals surface area contributed by atoms with E-state index in [1.54, 1.807) is 0 Å². The van der Waals surface area contributed by atoms with E-state index in [2.05, 4.69) is 95.3 Å². The Hall–Kier alpha value is -2.91. The maximum absolute atomic E-state index is 4.91. The van der Waals surface area contributed by atoms with E-state index in [1.165, 1.54) is 46.4 Å². The van der Waals surface area contributed by atoms with Crippen LogP contribution in [0.25, 0.3) is 16.6 Å². The van der Waals surface area contributed by atoms with Crippen LogP contribution in [0.3, 0.4) is 0 Å². The second kappa shape index (κ2) is 8.45. The second-order valence-electron chi connectivity index (χ2n) is 8.46. The van der Waals surface area contributed by atoms with E-state index >= 15 is 0 Å². The Morgan fingerprint density at radius 2 is 1.60 bits per heavy atom. The third-order valence-electron chi connectivity index (χ3n) is 6.52. The van der Waals surface area contributed by atoms with Crippen molar-refractivity contribution in [2.75, 3.05) is 19.6 Å². The Bertz CT molecular complexity index is 1110. The number of imidazole rings is 1. The zero-order chi connectivity index (χ0) is 20.3. The summed E-state index contributed by atoms with van der Waals surface area (Å²) in [6.45, 7) is 5.66. The Labute approximate surface area is 179 Å². The lowest BCUT2D eigenvalue weighted by molar-refractivity contribution is 0.211. The Balaban J connectivity index is 1.32. The van der Waals surface area contributed by atoms with Crippen molar-refractivity contribution >= 4 is 5.52 Å². The lowest BCUT2D eigenvalue weighted by Crippen LogP contribution is -2.34. The molecule has 3 heteroatoms. The van der Waals surface area contributed by atoms with Crippen LogP contribution in [0.15, 0.2) is 79.1 Å². The summed E-state index contributed by atoms with van der Waals surface area (Å²) in [6.07, 6.45) is 7.79. The number of aryl methyl sites for hydroxylation is 1. The number of pyridine rings is 1. The molecule has 1 aliphatic heterocycles. The molecule has 3 heterocycles. The van der Waals surface area contributed by atoms with E-state index in [4.69, 9.17) is 4.98 Å². The lowest BCUT2D eigenvalue weighted by atomic mass is 9.95. The van der Waals surface area contributed by atoms with E-state index in [0.717, 1.165) is 26.1 Å². The van der Waals surface area contributed by atoms with E-state index in [0.29, 0.717) is 5.92 Å². The van der Waals surface area contributed by atoms with Gasteiger partial charge in [0, 0.05) is 24.2 Å². The highest BCUT2D eigenvalue weighted by Crippen LogP contribution is 2.33. The monoisotopic (exact) mass is 395 g/mol. The zero-order valence-electron chi connectivity index (χ0n) is 17.7. The molecule has 4 aromatic rings. The summed E-state index contributed by atoms with van der Waals surface area (Å²) in [4.78, 5) is 7.52. The van der Waals surface area contributed by atoms with Gasteiger partial charge >= 0.3 is 0 Å². The number of aromatic nitrogens is 2. The van der Waals surface area contributed by atoms with Crippen molar-refractivity contribution in [2.24, 2.45) is 0 Å². The molecule has 0 amide bonds. The summed E-state index contributed by atoms with van der Waals surface area (Å²) in [7, 11) is 0. The molecule has 2 aromatic carbocycles. The van der Waals surface area contributed by atoms with Gasteiger partial charge in [0.25, 0.3) is 0 Å². The molecule has 3 nitrogen and oxygen atoms in total. The van der Waals surface area contributed by atoms with Crippen molar-refractivity contribution in [2.45, 2.75) is 32.1 Å². The average Bonchev–Trinajstić information content (AvgIpc) is 3.23. The van der Waals surface area contributed by atoms with Gasteiger partial charge in [-0.1, -0.05) is 60.7 Å². The summed E-state index contributed by atoms with van der Waals surface area (Å²) in [5.41, 5.74) is 6.53. The normalized spacial score (nSPS) is 15.6. The van der Waals surface area contributed by atoms with Gasteiger partial charge < -0.3 is 9.30 Å². The number of benzene rings is 2.